The first-order valence-electron chi connectivity index (χ1n) is 10.1. The predicted molar refractivity (Wildman–Crippen MR) is 130 cm³/mol. The molecule has 0 heterocycles. The number of non-ortho nitro benzene ring substituents is 1. The second-order valence-corrected chi connectivity index (χ2v) is 8.03. The predicted octanol–water partition coefficient (Wildman–Crippen LogP) is 1.90. The summed E-state index contributed by atoms with van der Waals surface area (Å²) in [6.45, 7) is -1.66. The third kappa shape index (κ3) is 8.94. The van der Waals surface area contributed by atoms with E-state index in [1.807, 2.05) is 0 Å². The van der Waals surface area contributed by atoms with Crippen molar-refractivity contribution in [3.63, 3.8) is 0 Å². The highest BCUT2D eigenvalue weighted by molar-refractivity contribution is 6.34. The SMILES string of the molecule is CN(CC(=O)NCC(=O)NCC(=O)O)C(=O)Oc1ccc(Cl)cc1C(=O)Nc1ccc([N+](=O)[O-])cc1Cl. The van der Waals surface area contributed by atoms with Crippen LogP contribution in [-0.4, -0.2) is 71.4 Å². The number of amides is 4. The third-order valence-corrected chi connectivity index (χ3v) is 4.92. The minimum Gasteiger partial charge on any atom is -0.480 e. The number of carbonyl (C=O) groups is 5. The van der Waals surface area contributed by atoms with E-state index in [-0.39, 0.29) is 32.7 Å². The molecule has 14 nitrogen and oxygen atoms in total. The summed E-state index contributed by atoms with van der Waals surface area (Å²) in [5.74, 6) is -3.76. The van der Waals surface area contributed by atoms with Gasteiger partial charge in [-0.25, -0.2) is 4.79 Å². The molecule has 2 aromatic rings. The van der Waals surface area contributed by atoms with Crippen LogP contribution in [0.25, 0.3) is 0 Å². The van der Waals surface area contributed by atoms with Gasteiger partial charge in [0.15, 0.2) is 0 Å². The maximum Gasteiger partial charge on any atom is 0.415 e. The number of nitro groups is 1. The quantitative estimate of drug-likeness (QED) is 0.249. The van der Waals surface area contributed by atoms with Gasteiger partial charge in [-0.2, -0.15) is 0 Å². The van der Waals surface area contributed by atoms with Crippen molar-refractivity contribution in [2.75, 3.05) is 32.0 Å². The van der Waals surface area contributed by atoms with Crippen LogP contribution in [0.4, 0.5) is 16.2 Å². The van der Waals surface area contributed by atoms with Crippen molar-refractivity contribution in [1.29, 1.82) is 0 Å². The molecular formula is C21H19Cl2N5O9. The third-order valence-electron chi connectivity index (χ3n) is 4.37. The molecule has 2 aromatic carbocycles. The summed E-state index contributed by atoms with van der Waals surface area (Å²) in [6.07, 6.45) is -1.03. The van der Waals surface area contributed by atoms with Crippen molar-refractivity contribution in [2.45, 2.75) is 0 Å². The molecule has 0 aliphatic rings. The lowest BCUT2D eigenvalue weighted by Gasteiger charge is -2.18. The lowest BCUT2D eigenvalue weighted by molar-refractivity contribution is -0.384. The molecule has 0 aliphatic carbocycles. The van der Waals surface area contributed by atoms with Crippen LogP contribution in [0, 0.1) is 10.1 Å². The highest BCUT2D eigenvalue weighted by atomic mass is 35.5. The highest BCUT2D eigenvalue weighted by Gasteiger charge is 2.21. The molecule has 0 radical (unpaired) electrons. The van der Waals surface area contributed by atoms with E-state index in [0.29, 0.717) is 0 Å². The van der Waals surface area contributed by atoms with Crippen molar-refractivity contribution in [3.05, 3.63) is 62.1 Å². The largest absolute Gasteiger partial charge is 0.480 e. The number of anilines is 1. The number of likely N-dealkylation sites (N-methyl/N-ethyl adjacent to an activating group) is 1. The average Bonchev–Trinajstić information content (AvgIpc) is 2.83. The lowest BCUT2D eigenvalue weighted by Crippen LogP contribution is -2.44. The minimum absolute atomic E-state index is 0.0516. The number of carboxylic acids is 1. The monoisotopic (exact) mass is 555 g/mol. The maximum absolute atomic E-state index is 12.8. The van der Waals surface area contributed by atoms with Gasteiger partial charge in [0.2, 0.25) is 11.8 Å². The summed E-state index contributed by atoms with van der Waals surface area (Å²) >= 11 is 12.0. The number of aliphatic carboxylic acids is 1. The first-order valence-corrected chi connectivity index (χ1v) is 10.9. The van der Waals surface area contributed by atoms with Gasteiger partial charge < -0.3 is 30.7 Å². The van der Waals surface area contributed by atoms with E-state index in [9.17, 15) is 34.1 Å². The van der Waals surface area contributed by atoms with Crippen molar-refractivity contribution in [2.24, 2.45) is 0 Å². The van der Waals surface area contributed by atoms with Gasteiger partial charge in [0, 0.05) is 24.2 Å². The molecule has 0 atom stereocenters. The van der Waals surface area contributed by atoms with E-state index in [1.54, 1.807) is 0 Å². The van der Waals surface area contributed by atoms with Crippen LogP contribution in [0.3, 0.4) is 0 Å². The second-order valence-electron chi connectivity index (χ2n) is 7.19. The molecule has 16 heteroatoms. The standard InChI is InChI=1S/C21H19Cl2N5O9/c1-27(10-18(30)24-8-17(29)25-9-19(31)32)21(34)37-16-5-2-11(22)6-13(16)20(33)26-15-4-3-12(28(35)36)7-14(15)23/h2-7H,8-10H2,1H3,(H,24,30)(H,25,29)(H,26,33)(H,31,32). The van der Waals surface area contributed by atoms with Crippen LogP contribution in [-0.2, 0) is 14.4 Å². The van der Waals surface area contributed by atoms with Gasteiger partial charge in [-0.1, -0.05) is 23.2 Å². The van der Waals surface area contributed by atoms with Crippen molar-refractivity contribution in [1.82, 2.24) is 15.5 Å². The zero-order valence-electron chi connectivity index (χ0n) is 18.9. The molecule has 0 saturated heterocycles. The smallest absolute Gasteiger partial charge is 0.415 e. The molecule has 2 rings (SSSR count). The first kappa shape index (κ1) is 28.8. The number of hydrogen-bond donors (Lipinski definition) is 4. The van der Waals surface area contributed by atoms with Crippen LogP contribution >= 0.6 is 23.2 Å². The van der Waals surface area contributed by atoms with E-state index >= 15 is 0 Å². The van der Waals surface area contributed by atoms with Crippen LogP contribution in [0.1, 0.15) is 10.4 Å². The molecule has 37 heavy (non-hydrogen) atoms. The van der Waals surface area contributed by atoms with E-state index < -0.39 is 54.3 Å². The van der Waals surface area contributed by atoms with Gasteiger partial charge in [0.25, 0.3) is 11.6 Å². The fourth-order valence-corrected chi connectivity index (χ4v) is 2.99. The zero-order chi connectivity index (χ0) is 27.7. The Hall–Kier alpha value is -4.43. The normalized spacial score (nSPS) is 10.1. The fourth-order valence-electron chi connectivity index (χ4n) is 2.60. The molecule has 4 amide bonds. The van der Waals surface area contributed by atoms with Crippen molar-refractivity contribution < 1.29 is 38.7 Å². The number of hydrogen-bond acceptors (Lipinski definition) is 8. The number of ether oxygens (including phenoxy) is 1. The number of nitro benzene ring substituents is 1. The van der Waals surface area contributed by atoms with Gasteiger partial charge in [0.1, 0.15) is 18.8 Å². The van der Waals surface area contributed by atoms with E-state index in [0.717, 1.165) is 17.0 Å². The number of nitrogens with one attached hydrogen (secondary N) is 3. The van der Waals surface area contributed by atoms with Gasteiger partial charge >= 0.3 is 12.1 Å². The van der Waals surface area contributed by atoms with Gasteiger partial charge in [-0.15, -0.1) is 0 Å². The molecule has 0 bridgehead atoms. The minimum atomic E-state index is -1.26. The molecule has 0 unspecified atom stereocenters. The summed E-state index contributed by atoms with van der Waals surface area (Å²) in [7, 11) is 1.22. The summed E-state index contributed by atoms with van der Waals surface area (Å²) in [5.41, 5.74) is -0.410. The Balaban J connectivity index is 2.04. The van der Waals surface area contributed by atoms with Gasteiger partial charge in [0.05, 0.1) is 27.7 Å². The Morgan fingerprint density at radius 2 is 1.70 bits per heavy atom. The summed E-state index contributed by atoms with van der Waals surface area (Å²) in [6, 6.07) is 7.21. The zero-order valence-corrected chi connectivity index (χ0v) is 20.5. The molecule has 0 aromatic heterocycles. The van der Waals surface area contributed by atoms with Gasteiger partial charge in [-0.3, -0.25) is 29.3 Å². The Labute approximate surface area is 218 Å². The fraction of sp³-hybridized carbons (Fsp3) is 0.190. The van der Waals surface area contributed by atoms with Gasteiger partial charge in [-0.05, 0) is 24.3 Å². The summed E-state index contributed by atoms with van der Waals surface area (Å²) < 4.78 is 5.21. The van der Waals surface area contributed by atoms with Crippen LogP contribution in [0.15, 0.2) is 36.4 Å². The number of rotatable bonds is 10. The molecule has 0 saturated carbocycles. The van der Waals surface area contributed by atoms with Crippen LogP contribution in [0.5, 0.6) is 5.75 Å². The number of carbonyl (C=O) groups excluding carboxylic acids is 4. The van der Waals surface area contributed by atoms with Crippen molar-refractivity contribution >= 4 is 64.4 Å². The van der Waals surface area contributed by atoms with Crippen LogP contribution in [0.2, 0.25) is 10.0 Å². The maximum atomic E-state index is 12.8. The molecular weight excluding hydrogens is 537 g/mol. The number of benzene rings is 2. The Morgan fingerprint density at radius 1 is 1.03 bits per heavy atom. The second kappa shape index (κ2) is 13.0. The highest BCUT2D eigenvalue weighted by Crippen LogP contribution is 2.29. The van der Waals surface area contributed by atoms with E-state index in [4.69, 9.17) is 33.0 Å². The van der Waals surface area contributed by atoms with E-state index in [1.165, 1.54) is 31.3 Å². The molecule has 0 spiro atoms. The lowest BCUT2D eigenvalue weighted by atomic mass is 10.1. The Kier molecular flexibility index (Phi) is 10.1. The topological polar surface area (TPSA) is 197 Å². The molecule has 0 fully saturated rings. The summed E-state index contributed by atoms with van der Waals surface area (Å²) in [4.78, 5) is 70.2. The van der Waals surface area contributed by atoms with E-state index in [2.05, 4.69) is 16.0 Å². The van der Waals surface area contributed by atoms with Crippen LogP contribution < -0.4 is 20.7 Å². The molecule has 0 aliphatic heterocycles. The average molecular weight is 556 g/mol. The molecule has 4 N–H and O–H groups in total. The number of carboxylic acid groups (broad SMARTS) is 1. The number of halogens is 2. The van der Waals surface area contributed by atoms with Crippen molar-refractivity contribution in [3.8, 4) is 5.75 Å². The first-order chi connectivity index (χ1) is 17.4. The molecule has 196 valence electrons. The Bertz CT molecular complexity index is 1250. The Morgan fingerprint density at radius 3 is 2.32 bits per heavy atom. The summed E-state index contributed by atoms with van der Waals surface area (Å²) in [5, 5.41) is 26.1. The number of nitrogens with zero attached hydrogens (tertiary/aromatic N) is 2.